The molecule has 100 valence electrons. The van der Waals surface area contributed by atoms with Crippen LogP contribution in [-0.4, -0.2) is 15.1 Å². The second-order valence-electron chi connectivity index (χ2n) is 5.00. The molecule has 5 heteroatoms. The fourth-order valence-electron chi connectivity index (χ4n) is 2.52. The Balaban J connectivity index is 1.77. The maximum Gasteiger partial charge on any atom is 0.156 e. The zero-order valence-corrected chi connectivity index (χ0v) is 11.1. The molecule has 0 saturated heterocycles. The van der Waals surface area contributed by atoms with Gasteiger partial charge in [0.05, 0.1) is 12.2 Å². The van der Waals surface area contributed by atoms with Crippen LogP contribution in [0, 0.1) is 6.92 Å². The van der Waals surface area contributed by atoms with Crippen LogP contribution in [0.1, 0.15) is 42.0 Å². The van der Waals surface area contributed by atoms with E-state index >= 15 is 0 Å². The number of aromatic nitrogens is 3. The minimum Gasteiger partial charge on any atom is -0.362 e. The van der Waals surface area contributed by atoms with Crippen molar-refractivity contribution in [1.82, 2.24) is 15.1 Å². The van der Waals surface area contributed by atoms with Crippen LogP contribution in [0.5, 0.6) is 0 Å². The summed E-state index contributed by atoms with van der Waals surface area (Å²) in [5.41, 5.74) is 3.37. The van der Waals surface area contributed by atoms with Gasteiger partial charge in [0.1, 0.15) is 12.1 Å². The van der Waals surface area contributed by atoms with Gasteiger partial charge < -0.3 is 9.84 Å². The van der Waals surface area contributed by atoms with E-state index in [1.54, 1.807) is 6.33 Å². The average Bonchev–Trinajstić information content (AvgIpc) is 2.69. The summed E-state index contributed by atoms with van der Waals surface area (Å²) in [6.45, 7) is 2.54. The Kier molecular flexibility index (Phi) is 3.44. The van der Waals surface area contributed by atoms with E-state index in [2.05, 4.69) is 20.4 Å². The van der Waals surface area contributed by atoms with Crippen LogP contribution >= 0.6 is 0 Å². The highest BCUT2D eigenvalue weighted by atomic mass is 16.5. The predicted molar refractivity (Wildman–Crippen MR) is 71.9 cm³/mol. The number of nitrogens with zero attached hydrogens (tertiary/aromatic N) is 3. The van der Waals surface area contributed by atoms with Crippen molar-refractivity contribution in [2.24, 2.45) is 0 Å². The van der Waals surface area contributed by atoms with Gasteiger partial charge in [-0.15, -0.1) is 0 Å². The molecule has 1 N–H and O–H groups in total. The van der Waals surface area contributed by atoms with E-state index in [-0.39, 0.29) is 0 Å². The summed E-state index contributed by atoms with van der Waals surface area (Å²) in [4.78, 5) is 8.78. The largest absolute Gasteiger partial charge is 0.362 e. The quantitative estimate of drug-likeness (QED) is 0.857. The van der Waals surface area contributed by atoms with Crippen molar-refractivity contribution < 1.29 is 4.52 Å². The fraction of sp³-hybridized carbons (Fsp3) is 0.500. The molecule has 5 nitrogen and oxygen atoms in total. The van der Waals surface area contributed by atoms with Gasteiger partial charge in [-0.1, -0.05) is 11.6 Å². The lowest BCUT2D eigenvalue weighted by atomic mass is 10.1. The molecule has 0 unspecified atom stereocenters. The molecule has 0 radical (unpaired) electrons. The van der Waals surface area contributed by atoms with Crippen molar-refractivity contribution in [1.29, 1.82) is 0 Å². The Hall–Kier alpha value is -1.91. The number of hydrogen-bond donors (Lipinski definition) is 1. The van der Waals surface area contributed by atoms with E-state index in [1.807, 2.05) is 13.0 Å². The molecule has 0 aliphatic heterocycles. The zero-order chi connectivity index (χ0) is 13.1. The lowest BCUT2D eigenvalue weighted by Gasteiger charge is -2.11. The van der Waals surface area contributed by atoms with Crippen molar-refractivity contribution in [2.45, 2.75) is 45.6 Å². The summed E-state index contributed by atoms with van der Waals surface area (Å²) in [6, 6.07) is 1.94. The van der Waals surface area contributed by atoms with Gasteiger partial charge in [0, 0.05) is 17.3 Å². The number of aryl methyl sites for hydroxylation is 2. The van der Waals surface area contributed by atoms with E-state index in [1.165, 1.54) is 30.5 Å². The minimum absolute atomic E-state index is 0.615. The molecule has 0 saturated carbocycles. The second kappa shape index (κ2) is 5.38. The third kappa shape index (κ3) is 2.75. The van der Waals surface area contributed by atoms with Gasteiger partial charge in [-0.2, -0.15) is 0 Å². The number of rotatable bonds is 3. The van der Waals surface area contributed by atoms with Crippen LogP contribution in [0.15, 0.2) is 16.9 Å². The number of fused-ring (bicyclic) bond motifs is 1. The van der Waals surface area contributed by atoms with E-state index in [4.69, 9.17) is 4.52 Å². The van der Waals surface area contributed by atoms with Gasteiger partial charge in [-0.25, -0.2) is 9.97 Å². The summed E-state index contributed by atoms with van der Waals surface area (Å²) in [5, 5.41) is 7.23. The molecule has 3 rings (SSSR count). The first-order chi connectivity index (χ1) is 9.33. The van der Waals surface area contributed by atoms with Gasteiger partial charge in [0.2, 0.25) is 0 Å². The zero-order valence-electron chi connectivity index (χ0n) is 11.1. The van der Waals surface area contributed by atoms with Crippen LogP contribution in [0.25, 0.3) is 0 Å². The Morgan fingerprint density at radius 3 is 2.95 bits per heavy atom. The summed E-state index contributed by atoms with van der Waals surface area (Å²) in [5.74, 6) is 1.78. The predicted octanol–water partition coefficient (Wildman–Crippen LogP) is 2.65. The molecular formula is C14H18N4O. The molecule has 2 aromatic heterocycles. The fourth-order valence-corrected chi connectivity index (χ4v) is 2.52. The molecule has 0 spiro atoms. The van der Waals surface area contributed by atoms with Crippen molar-refractivity contribution in [3.05, 3.63) is 35.1 Å². The Morgan fingerprint density at radius 1 is 1.21 bits per heavy atom. The Morgan fingerprint density at radius 2 is 2.11 bits per heavy atom. The molecular weight excluding hydrogens is 240 g/mol. The van der Waals surface area contributed by atoms with E-state index in [0.29, 0.717) is 6.54 Å². The summed E-state index contributed by atoms with van der Waals surface area (Å²) >= 11 is 0. The topological polar surface area (TPSA) is 63.8 Å². The molecule has 19 heavy (non-hydrogen) atoms. The van der Waals surface area contributed by atoms with Crippen molar-refractivity contribution >= 4 is 5.82 Å². The van der Waals surface area contributed by atoms with Crippen LogP contribution in [-0.2, 0) is 19.4 Å². The van der Waals surface area contributed by atoms with Gasteiger partial charge in [0.25, 0.3) is 0 Å². The van der Waals surface area contributed by atoms with Crippen LogP contribution in [0.2, 0.25) is 0 Å². The molecule has 0 bridgehead atoms. The van der Waals surface area contributed by atoms with Crippen molar-refractivity contribution in [3.8, 4) is 0 Å². The monoisotopic (exact) mass is 258 g/mol. The summed E-state index contributed by atoms with van der Waals surface area (Å²) in [7, 11) is 0. The van der Waals surface area contributed by atoms with Crippen molar-refractivity contribution in [3.63, 3.8) is 0 Å². The molecule has 1 aliphatic rings. The molecule has 1 aliphatic carbocycles. The Labute approximate surface area is 112 Å². The molecule has 0 amide bonds. The van der Waals surface area contributed by atoms with Gasteiger partial charge in [-0.3, -0.25) is 0 Å². The molecule has 0 fully saturated rings. The highest BCUT2D eigenvalue weighted by Crippen LogP contribution is 2.24. The third-order valence-corrected chi connectivity index (χ3v) is 3.48. The number of hydrogen-bond acceptors (Lipinski definition) is 5. The maximum absolute atomic E-state index is 5.20. The molecule has 0 atom stereocenters. The second-order valence-corrected chi connectivity index (χ2v) is 5.00. The SMILES string of the molecule is Cc1cc(CNc2ncnc3c2CCCCC3)on1. The van der Waals surface area contributed by atoms with E-state index in [9.17, 15) is 0 Å². The molecule has 0 aromatic carbocycles. The highest BCUT2D eigenvalue weighted by Gasteiger charge is 2.14. The first kappa shape index (κ1) is 12.1. The van der Waals surface area contributed by atoms with Crippen LogP contribution in [0.4, 0.5) is 5.82 Å². The first-order valence-corrected chi connectivity index (χ1v) is 6.82. The molecule has 2 aromatic rings. The third-order valence-electron chi connectivity index (χ3n) is 3.48. The first-order valence-electron chi connectivity index (χ1n) is 6.82. The number of nitrogens with one attached hydrogen (secondary N) is 1. The summed E-state index contributed by atoms with van der Waals surface area (Å²) in [6.07, 6.45) is 7.50. The summed E-state index contributed by atoms with van der Waals surface area (Å²) < 4.78 is 5.20. The lowest BCUT2D eigenvalue weighted by Crippen LogP contribution is -2.07. The van der Waals surface area contributed by atoms with E-state index < -0.39 is 0 Å². The van der Waals surface area contributed by atoms with Gasteiger partial charge in [-0.05, 0) is 32.6 Å². The maximum atomic E-state index is 5.20. The molecule has 2 heterocycles. The minimum atomic E-state index is 0.615. The standard InChI is InChI=1S/C14H18N4O/c1-10-7-11(19-18-10)8-15-14-12-5-3-2-4-6-13(12)16-9-17-14/h7,9H,2-6,8H2,1H3,(H,15,16,17). The van der Waals surface area contributed by atoms with Crippen molar-refractivity contribution in [2.75, 3.05) is 5.32 Å². The smallest absolute Gasteiger partial charge is 0.156 e. The highest BCUT2D eigenvalue weighted by molar-refractivity contribution is 5.46. The van der Waals surface area contributed by atoms with Crippen LogP contribution < -0.4 is 5.32 Å². The average molecular weight is 258 g/mol. The lowest BCUT2D eigenvalue weighted by molar-refractivity contribution is 0.384. The van der Waals surface area contributed by atoms with E-state index in [0.717, 1.165) is 30.1 Å². The Bertz CT molecular complexity index is 564. The van der Waals surface area contributed by atoms with Gasteiger partial charge >= 0.3 is 0 Å². The number of anilines is 1. The normalized spacial score (nSPS) is 14.8. The van der Waals surface area contributed by atoms with Gasteiger partial charge in [0.15, 0.2) is 5.76 Å². The van der Waals surface area contributed by atoms with Crippen LogP contribution in [0.3, 0.4) is 0 Å².